The van der Waals surface area contributed by atoms with Crippen LogP contribution in [0.4, 0.5) is 5.69 Å². The summed E-state index contributed by atoms with van der Waals surface area (Å²) in [4.78, 5) is 11.7. The molecule has 0 aliphatic rings. The summed E-state index contributed by atoms with van der Waals surface area (Å²) in [6, 6.07) is 8.13. The first-order valence-electron chi connectivity index (χ1n) is 4.75. The lowest BCUT2D eigenvalue weighted by molar-refractivity contribution is -0.122. The van der Waals surface area contributed by atoms with Gasteiger partial charge in [0.2, 0.25) is 0 Å². The van der Waals surface area contributed by atoms with Crippen LogP contribution in [0.15, 0.2) is 30.3 Å². The molecular weight excluding hydrogens is 194 g/mol. The first-order chi connectivity index (χ1) is 7.20. The van der Waals surface area contributed by atoms with Crippen LogP contribution in [-0.2, 0) is 4.79 Å². The minimum absolute atomic E-state index is 0.369. The fourth-order valence-corrected chi connectivity index (χ4v) is 1.15. The second-order valence-corrected chi connectivity index (χ2v) is 3.12. The van der Waals surface area contributed by atoms with E-state index in [9.17, 15) is 4.79 Å². The van der Waals surface area contributed by atoms with Crippen molar-refractivity contribution < 1.29 is 10.0 Å². The van der Waals surface area contributed by atoms with Crippen molar-refractivity contribution in [1.29, 1.82) is 0 Å². The summed E-state index contributed by atoms with van der Waals surface area (Å²) in [7, 11) is 0. The molecule has 1 rings (SSSR count). The number of benzene rings is 1. The Labute approximate surface area is 88.4 Å². The molecule has 82 valence electrons. The maximum absolute atomic E-state index is 11.7. The van der Waals surface area contributed by atoms with Gasteiger partial charge in [0.1, 0.15) is 0 Å². The summed E-state index contributed by atoms with van der Waals surface area (Å²) < 4.78 is 0. The number of para-hydroxylation sites is 1. The average Bonchev–Trinajstić information content (AvgIpc) is 2.30. The Hall–Kier alpha value is -1.43. The fourth-order valence-electron chi connectivity index (χ4n) is 1.15. The van der Waals surface area contributed by atoms with Crippen LogP contribution in [0.3, 0.4) is 0 Å². The zero-order chi connectivity index (χ0) is 11.3. The van der Waals surface area contributed by atoms with Gasteiger partial charge >= 0.3 is 0 Å². The van der Waals surface area contributed by atoms with Crippen molar-refractivity contribution in [3.05, 3.63) is 30.3 Å². The SMILES string of the molecule is CCC(N)C(=O)N(NO)c1ccccc1. The number of hydrogen-bond acceptors (Lipinski definition) is 4. The Bertz CT molecular complexity index is 316. The Morgan fingerprint density at radius 3 is 2.60 bits per heavy atom. The molecule has 0 spiro atoms. The van der Waals surface area contributed by atoms with Crippen LogP contribution in [0, 0.1) is 0 Å². The van der Waals surface area contributed by atoms with Crippen molar-refractivity contribution in [2.45, 2.75) is 19.4 Å². The average molecular weight is 209 g/mol. The summed E-state index contributed by atoms with van der Waals surface area (Å²) in [5.41, 5.74) is 7.98. The molecule has 0 saturated heterocycles. The Morgan fingerprint density at radius 2 is 2.13 bits per heavy atom. The van der Waals surface area contributed by atoms with Gasteiger partial charge in [-0.2, -0.15) is 0 Å². The Morgan fingerprint density at radius 1 is 1.53 bits per heavy atom. The maximum Gasteiger partial charge on any atom is 0.260 e. The van der Waals surface area contributed by atoms with E-state index >= 15 is 0 Å². The summed E-state index contributed by atoms with van der Waals surface area (Å²) >= 11 is 0. The van der Waals surface area contributed by atoms with E-state index in [1.54, 1.807) is 24.3 Å². The second-order valence-electron chi connectivity index (χ2n) is 3.12. The second kappa shape index (κ2) is 5.45. The van der Waals surface area contributed by atoms with Crippen LogP contribution >= 0.6 is 0 Å². The van der Waals surface area contributed by atoms with Gasteiger partial charge in [-0.25, -0.2) is 5.01 Å². The molecule has 0 radical (unpaired) electrons. The molecule has 1 aromatic rings. The topological polar surface area (TPSA) is 78.6 Å². The zero-order valence-electron chi connectivity index (χ0n) is 8.55. The number of hydrogen-bond donors (Lipinski definition) is 3. The van der Waals surface area contributed by atoms with Gasteiger partial charge in [-0.3, -0.25) is 10.0 Å². The zero-order valence-corrected chi connectivity index (χ0v) is 8.55. The van der Waals surface area contributed by atoms with E-state index in [-0.39, 0.29) is 5.91 Å². The predicted molar refractivity (Wildman–Crippen MR) is 57.1 cm³/mol. The predicted octanol–water partition coefficient (Wildman–Crippen LogP) is 0.651. The number of carbonyl (C=O) groups excluding carboxylic acids is 1. The molecule has 1 aromatic carbocycles. The number of amides is 1. The Kier molecular flexibility index (Phi) is 4.23. The summed E-state index contributed by atoms with van der Waals surface area (Å²) in [6.07, 6.45) is 0.518. The summed E-state index contributed by atoms with van der Waals surface area (Å²) in [6.45, 7) is 1.81. The molecule has 4 N–H and O–H groups in total. The van der Waals surface area contributed by atoms with E-state index in [0.29, 0.717) is 12.1 Å². The third-order valence-electron chi connectivity index (χ3n) is 2.09. The molecule has 0 heterocycles. The number of rotatable bonds is 4. The number of hydrazine groups is 1. The lowest BCUT2D eigenvalue weighted by atomic mass is 10.2. The monoisotopic (exact) mass is 209 g/mol. The maximum atomic E-state index is 11.7. The van der Waals surface area contributed by atoms with Crippen LogP contribution in [0.2, 0.25) is 0 Å². The Balaban J connectivity index is 2.85. The molecule has 0 aromatic heterocycles. The van der Waals surface area contributed by atoms with E-state index in [4.69, 9.17) is 10.9 Å². The number of nitrogens with one attached hydrogen (secondary N) is 1. The van der Waals surface area contributed by atoms with Gasteiger partial charge < -0.3 is 5.73 Å². The third kappa shape index (κ3) is 2.76. The molecule has 15 heavy (non-hydrogen) atoms. The molecule has 1 amide bonds. The summed E-state index contributed by atoms with van der Waals surface area (Å²) in [5.74, 6) is -0.369. The van der Waals surface area contributed by atoms with Crippen molar-refractivity contribution in [2.75, 3.05) is 5.01 Å². The van der Waals surface area contributed by atoms with Crippen molar-refractivity contribution in [3.63, 3.8) is 0 Å². The molecule has 1 unspecified atom stereocenters. The quantitative estimate of drug-likeness (QED) is 0.636. The van der Waals surface area contributed by atoms with Gasteiger partial charge in [0, 0.05) is 0 Å². The molecule has 0 fully saturated rings. The molecule has 0 bridgehead atoms. The van der Waals surface area contributed by atoms with E-state index in [1.165, 1.54) is 0 Å². The van der Waals surface area contributed by atoms with Crippen molar-refractivity contribution in [2.24, 2.45) is 5.73 Å². The van der Waals surface area contributed by atoms with Crippen LogP contribution in [-0.4, -0.2) is 17.2 Å². The number of nitrogens with zero attached hydrogens (tertiary/aromatic N) is 1. The highest BCUT2D eigenvalue weighted by Crippen LogP contribution is 2.11. The lowest BCUT2D eigenvalue weighted by Crippen LogP contribution is -2.49. The molecule has 0 aliphatic carbocycles. The van der Waals surface area contributed by atoms with E-state index in [2.05, 4.69) is 0 Å². The van der Waals surface area contributed by atoms with Crippen molar-refractivity contribution in [1.82, 2.24) is 5.59 Å². The highest BCUT2D eigenvalue weighted by molar-refractivity contribution is 5.95. The van der Waals surface area contributed by atoms with Gasteiger partial charge in [0.15, 0.2) is 0 Å². The van der Waals surface area contributed by atoms with Crippen LogP contribution < -0.4 is 16.3 Å². The molecular formula is C10H15N3O2. The van der Waals surface area contributed by atoms with E-state index < -0.39 is 6.04 Å². The third-order valence-corrected chi connectivity index (χ3v) is 2.09. The number of carbonyl (C=O) groups is 1. The highest BCUT2D eigenvalue weighted by atomic mass is 16.5. The highest BCUT2D eigenvalue weighted by Gasteiger charge is 2.20. The van der Waals surface area contributed by atoms with Gasteiger partial charge in [0.05, 0.1) is 11.7 Å². The molecule has 5 heteroatoms. The molecule has 5 nitrogen and oxygen atoms in total. The normalized spacial score (nSPS) is 12.2. The smallest absolute Gasteiger partial charge is 0.260 e. The fraction of sp³-hybridized carbons (Fsp3) is 0.300. The number of nitrogens with two attached hydrogens (primary N) is 1. The molecule has 0 saturated carbocycles. The largest absolute Gasteiger partial charge is 0.320 e. The van der Waals surface area contributed by atoms with E-state index in [0.717, 1.165) is 5.01 Å². The van der Waals surface area contributed by atoms with Crippen LogP contribution in [0.25, 0.3) is 0 Å². The van der Waals surface area contributed by atoms with Gasteiger partial charge in [-0.15, -0.1) is 5.59 Å². The van der Waals surface area contributed by atoms with Crippen LogP contribution in [0.5, 0.6) is 0 Å². The first-order valence-corrected chi connectivity index (χ1v) is 4.75. The van der Waals surface area contributed by atoms with Gasteiger partial charge in [-0.05, 0) is 18.6 Å². The van der Waals surface area contributed by atoms with Crippen molar-refractivity contribution in [3.8, 4) is 0 Å². The molecule has 0 aliphatic heterocycles. The van der Waals surface area contributed by atoms with E-state index in [1.807, 2.05) is 18.6 Å². The summed E-state index contributed by atoms with van der Waals surface area (Å²) in [5, 5.41) is 9.92. The number of anilines is 1. The van der Waals surface area contributed by atoms with Crippen molar-refractivity contribution >= 4 is 11.6 Å². The standard InChI is InChI=1S/C10H15N3O2/c1-2-9(11)10(14)13(12-15)8-6-4-3-5-7-8/h3-7,9,12,15H,2,11H2,1H3. The van der Waals surface area contributed by atoms with Gasteiger partial charge in [0.25, 0.3) is 5.91 Å². The van der Waals surface area contributed by atoms with Gasteiger partial charge in [-0.1, -0.05) is 25.1 Å². The minimum Gasteiger partial charge on any atom is -0.320 e. The first kappa shape index (κ1) is 11.6. The molecule has 1 atom stereocenters. The lowest BCUT2D eigenvalue weighted by Gasteiger charge is -2.22. The minimum atomic E-state index is -0.621. The van der Waals surface area contributed by atoms with Crippen LogP contribution in [0.1, 0.15) is 13.3 Å².